The van der Waals surface area contributed by atoms with Gasteiger partial charge in [-0.25, -0.2) is 0 Å². The van der Waals surface area contributed by atoms with Gasteiger partial charge < -0.3 is 5.11 Å². The highest BCUT2D eigenvalue weighted by molar-refractivity contribution is 4.89. The van der Waals surface area contributed by atoms with Crippen LogP contribution in [0.15, 0.2) is 0 Å². The van der Waals surface area contributed by atoms with Gasteiger partial charge in [0, 0.05) is 12.6 Å². The predicted octanol–water partition coefficient (Wildman–Crippen LogP) is 1.63. The molecule has 1 aliphatic heterocycles. The minimum atomic E-state index is -0.153. The number of nitrogens with zero attached hydrogens (tertiary/aromatic N) is 1. The third-order valence-electron chi connectivity index (χ3n) is 3.61. The summed E-state index contributed by atoms with van der Waals surface area (Å²) in [4.78, 5) is 2.52. The van der Waals surface area contributed by atoms with E-state index in [1.807, 2.05) is 6.92 Å². The van der Waals surface area contributed by atoms with Crippen LogP contribution in [-0.2, 0) is 0 Å². The number of hydrogen-bond donors (Lipinski definition) is 1. The summed E-state index contributed by atoms with van der Waals surface area (Å²) in [6.07, 6.45) is 6.83. The van der Waals surface area contributed by atoms with Crippen molar-refractivity contribution in [1.29, 1.82) is 0 Å². The maximum absolute atomic E-state index is 9.38. The van der Waals surface area contributed by atoms with E-state index in [0.29, 0.717) is 0 Å². The molecule has 2 heteroatoms. The number of likely N-dealkylation sites (tertiary alicyclic amines) is 1. The van der Waals surface area contributed by atoms with Gasteiger partial charge >= 0.3 is 0 Å². The number of fused-ring (bicyclic) bond motifs is 1. The highest BCUT2D eigenvalue weighted by atomic mass is 16.3. The summed E-state index contributed by atoms with van der Waals surface area (Å²) < 4.78 is 0. The van der Waals surface area contributed by atoms with Crippen LogP contribution in [0.4, 0.5) is 0 Å². The van der Waals surface area contributed by atoms with Crippen molar-refractivity contribution in [2.24, 2.45) is 5.92 Å². The van der Waals surface area contributed by atoms with Gasteiger partial charge in [-0.05, 0) is 45.1 Å². The molecule has 1 saturated heterocycles. The average molecular weight is 183 g/mol. The van der Waals surface area contributed by atoms with Crippen LogP contribution in [0.25, 0.3) is 0 Å². The van der Waals surface area contributed by atoms with E-state index in [9.17, 15) is 5.11 Å². The number of aliphatic hydroxyl groups is 1. The zero-order valence-corrected chi connectivity index (χ0v) is 8.58. The monoisotopic (exact) mass is 183 g/mol. The molecule has 0 aromatic carbocycles. The molecule has 0 aromatic rings. The highest BCUT2D eigenvalue weighted by Gasteiger charge is 2.34. The first-order valence-electron chi connectivity index (χ1n) is 5.69. The summed E-state index contributed by atoms with van der Waals surface area (Å²) >= 11 is 0. The molecule has 2 aliphatic rings. The summed E-state index contributed by atoms with van der Waals surface area (Å²) in [5.41, 5.74) is 0. The molecule has 76 valence electrons. The van der Waals surface area contributed by atoms with E-state index in [1.54, 1.807) is 0 Å². The second-order valence-electron chi connectivity index (χ2n) is 4.74. The lowest BCUT2D eigenvalue weighted by Gasteiger charge is -2.38. The van der Waals surface area contributed by atoms with Crippen LogP contribution in [0.1, 0.15) is 39.0 Å². The van der Waals surface area contributed by atoms with Crippen LogP contribution in [0.5, 0.6) is 0 Å². The maximum Gasteiger partial charge on any atom is 0.0639 e. The van der Waals surface area contributed by atoms with E-state index in [0.717, 1.165) is 18.5 Å². The molecule has 1 aliphatic carbocycles. The Hall–Kier alpha value is -0.0800. The fraction of sp³-hybridized carbons (Fsp3) is 1.00. The fourth-order valence-electron chi connectivity index (χ4n) is 3.12. The quantitative estimate of drug-likeness (QED) is 0.703. The molecule has 2 fully saturated rings. The number of β-amino-alcohol motifs (C(OH)–C–C–N with tert-alkyl or cyclic N) is 1. The molecule has 1 N–H and O–H groups in total. The zero-order chi connectivity index (χ0) is 9.26. The van der Waals surface area contributed by atoms with Gasteiger partial charge in [-0.1, -0.05) is 6.42 Å². The van der Waals surface area contributed by atoms with Crippen molar-refractivity contribution < 1.29 is 5.11 Å². The first-order valence-corrected chi connectivity index (χ1v) is 5.69. The third kappa shape index (κ3) is 2.05. The van der Waals surface area contributed by atoms with Gasteiger partial charge in [0.25, 0.3) is 0 Å². The lowest BCUT2D eigenvalue weighted by Crippen LogP contribution is -2.45. The topological polar surface area (TPSA) is 23.5 Å². The number of hydrogen-bond acceptors (Lipinski definition) is 2. The molecule has 1 saturated carbocycles. The molecular formula is C11H21NO. The van der Waals surface area contributed by atoms with Gasteiger partial charge in [0.15, 0.2) is 0 Å². The number of aliphatic hydroxyl groups excluding tert-OH is 1. The van der Waals surface area contributed by atoms with Gasteiger partial charge in [-0.2, -0.15) is 0 Å². The van der Waals surface area contributed by atoms with Gasteiger partial charge in [0.2, 0.25) is 0 Å². The van der Waals surface area contributed by atoms with Crippen LogP contribution in [-0.4, -0.2) is 35.2 Å². The Morgan fingerprint density at radius 2 is 2.08 bits per heavy atom. The molecule has 0 spiro atoms. The summed E-state index contributed by atoms with van der Waals surface area (Å²) in [6, 6.07) is 0.809. The SMILES string of the molecule is CC(O)CN1CCCC2CCCC21. The van der Waals surface area contributed by atoms with Crippen molar-refractivity contribution >= 4 is 0 Å². The minimum absolute atomic E-state index is 0.153. The first-order chi connectivity index (χ1) is 6.27. The Labute approximate surface area is 80.9 Å². The molecule has 3 unspecified atom stereocenters. The Balaban J connectivity index is 1.93. The van der Waals surface area contributed by atoms with Crippen LogP contribution in [0.3, 0.4) is 0 Å². The lowest BCUT2D eigenvalue weighted by molar-refractivity contribution is 0.0586. The van der Waals surface area contributed by atoms with Crippen molar-refractivity contribution in [3.05, 3.63) is 0 Å². The lowest BCUT2D eigenvalue weighted by atomic mass is 9.92. The van der Waals surface area contributed by atoms with Crippen molar-refractivity contribution in [3.63, 3.8) is 0 Å². The molecule has 0 bridgehead atoms. The maximum atomic E-state index is 9.38. The van der Waals surface area contributed by atoms with E-state index in [2.05, 4.69) is 4.90 Å². The van der Waals surface area contributed by atoms with Gasteiger partial charge in [-0.3, -0.25) is 4.90 Å². The Kier molecular flexibility index (Phi) is 2.89. The molecule has 0 amide bonds. The molecular weight excluding hydrogens is 162 g/mol. The summed E-state index contributed by atoms with van der Waals surface area (Å²) in [5, 5.41) is 9.38. The summed E-state index contributed by atoms with van der Waals surface area (Å²) in [6.45, 7) is 4.01. The standard InChI is InChI=1S/C11H21NO/c1-9(13)8-12-7-3-5-10-4-2-6-11(10)12/h9-11,13H,2-8H2,1H3. The Morgan fingerprint density at radius 1 is 1.31 bits per heavy atom. The van der Waals surface area contributed by atoms with Crippen molar-refractivity contribution in [1.82, 2.24) is 4.90 Å². The average Bonchev–Trinajstić information content (AvgIpc) is 2.51. The van der Waals surface area contributed by atoms with Crippen molar-refractivity contribution in [2.75, 3.05) is 13.1 Å². The highest BCUT2D eigenvalue weighted by Crippen LogP contribution is 2.36. The van der Waals surface area contributed by atoms with Crippen LogP contribution in [0.2, 0.25) is 0 Å². The minimum Gasteiger partial charge on any atom is -0.392 e. The second kappa shape index (κ2) is 3.97. The molecule has 1 heterocycles. The van der Waals surface area contributed by atoms with E-state index in [4.69, 9.17) is 0 Å². The zero-order valence-electron chi connectivity index (χ0n) is 8.58. The van der Waals surface area contributed by atoms with Crippen molar-refractivity contribution in [3.8, 4) is 0 Å². The van der Waals surface area contributed by atoms with Crippen LogP contribution < -0.4 is 0 Å². The van der Waals surface area contributed by atoms with E-state index in [-0.39, 0.29) is 6.10 Å². The first kappa shape index (κ1) is 9.47. The Morgan fingerprint density at radius 3 is 2.85 bits per heavy atom. The molecule has 3 atom stereocenters. The smallest absolute Gasteiger partial charge is 0.0639 e. The second-order valence-corrected chi connectivity index (χ2v) is 4.74. The van der Waals surface area contributed by atoms with Gasteiger partial charge in [-0.15, -0.1) is 0 Å². The van der Waals surface area contributed by atoms with Gasteiger partial charge in [0.05, 0.1) is 6.10 Å². The predicted molar refractivity (Wildman–Crippen MR) is 53.6 cm³/mol. The van der Waals surface area contributed by atoms with Crippen LogP contribution in [0, 0.1) is 5.92 Å². The molecule has 0 aromatic heterocycles. The summed E-state index contributed by atoms with van der Waals surface area (Å²) in [5.74, 6) is 0.951. The van der Waals surface area contributed by atoms with E-state index < -0.39 is 0 Å². The van der Waals surface area contributed by atoms with Crippen molar-refractivity contribution in [2.45, 2.75) is 51.2 Å². The van der Waals surface area contributed by atoms with Gasteiger partial charge in [0.1, 0.15) is 0 Å². The number of piperidine rings is 1. The normalized spacial score (nSPS) is 37.4. The number of rotatable bonds is 2. The molecule has 13 heavy (non-hydrogen) atoms. The molecule has 2 nitrogen and oxygen atoms in total. The Bertz CT molecular complexity index is 169. The van der Waals surface area contributed by atoms with Crippen LogP contribution >= 0.6 is 0 Å². The molecule has 0 radical (unpaired) electrons. The summed E-state index contributed by atoms with van der Waals surface area (Å²) in [7, 11) is 0. The molecule has 2 rings (SSSR count). The van der Waals surface area contributed by atoms with E-state index >= 15 is 0 Å². The fourth-order valence-corrected chi connectivity index (χ4v) is 3.12. The van der Waals surface area contributed by atoms with E-state index in [1.165, 1.54) is 38.6 Å². The largest absolute Gasteiger partial charge is 0.392 e. The third-order valence-corrected chi connectivity index (χ3v) is 3.61.